The van der Waals surface area contributed by atoms with E-state index in [0.717, 1.165) is 56.3 Å². The zero-order chi connectivity index (χ0) is 103. The number of allylic oxidation sites excluding steroid dienone is 2. The summed E-state index contributed by atoms with van der Waals surface area (Å²) in [4.78, 5) is 0. The number of hydrogen-bond donors (Lipinski definition) is 0. The van der Waals surface area contributed by atoms with Gasteiger partial charge in [-0.3, -0.25) is 0 Å². The molecule has 2 aromatic rings. The van der Waals surface area contributed by atoms with Gasteiger partial charge in [0.1, 0.15) is 0 Å². The third-order valence-electron chi connectivity index (χ3n) is 32.8. The zero-order valence-electron chi connectivity index (χ0n) is 100. The number of benzene rings is 2. The Balaban J connectivity index is 0.0000218. The van der Waals surface area contributed by atoms with E-state index in [1.165, 1.54) is 739 Å². The van der Waals surface area contributed by atoms with E-state index >= 15 is 0 Å². The van der Waals surface area contributed by atoms with Crippen molar-refractivity contribution in [3.05, 3.63) is 101 Å². The van der Waals surface area contributed by atoms with Gasteiger partial charge in [-0.1, -0.05) is 728 Å². The van der Waals surface area contributed by atoms with Gasteiger partial charge in [0.05, 0.1) is 0 Å². The fourth-order valence-corrected chi connectivity index (χ4v) is 22.8. The summed E-state index contributed by atoms with van der Waals surface area (Å²) in [5, 5.41) is 0. The van der Waals surface area contributed by atoms with Crippen LogP contribution in [0.25, 0.3) is 16.9 Å². The first-order valence-corrected chi connectivity index (χ1v) is 67.7. The van der Waals surface area contributed by atoms with E-state index in [9.17, 15) is 5.53 Å². The predicted octanol–water partition coefficient (Wildman–Crippen LogP) is 52.1. The molecule has 2 aromatic carbocycles. The summed E-state index contributed by atoms with van der Waals surface area (Å²) in [6.45, 7) is 23.1. The minimum Gasteiger partial charge on any atom is -0.493 e. The zero-order valence-corrected chi connectivity index (χ0v) is 101. The molecule has 3 rings (SSSR count). The Kier molecular flexibility index (Phi) is 120. The molecule has 0 saturated heterocycles. The second-order valence-corrected chi connectivity index (χ2v) is 47.3. The minimum absolute atomic E-state index is 0. The average molecular weight is 2050 g/mol. The van der Waals surface area contributed by atoms with Gasteiger partial charge in [-0.25, -0.2) is 4.70 Å². The van der Waals surface area contributed by atoms with E-state index in [-0.39, 0.29) is 16.5 Å². The van der Waals surface area contributed by atoms with E-state index in [2.05, 4.69) is 105 Å². The van der Waals surface area contributed by atoms with Crippen LogP contribution in [0.3, 0.4) is 0 Å². The second kappa shape index (κ2) is 121. The molecule has 0 N–H and O–H groups in total. The third-order valence-corrected chi connectivity index (χ3v) is 32.8. The molecule has 0 radical (unpaired) electrons. The Morgan fingerprint density at radius 2 is 0.278 bits per heavy atom. The van der Waals surface area contributed by atoms with Crippen molar-refractivity contribution in [3.8, 4) is 0 Å². The summed E-state index contributed by atoms with van der Waals surface area (Å²) in [5.74, 6) is 0. The fourth-order valence-electron chi connectivity index (χ4n) is 22.8. The topological polar surface area (TPSA) is 25.3 Å². The fraction of sp³-hybridized carbons (Fsp3) is 0.872. The standard InChI is InChI=1S/C133H246N2.2C4H9.Ni/c1-6-11-16-20-24-28-32-36-40-44-48-52-56-60-64-68-72-76-80-84-88-92-96-100-104-109-113-125-118-126(114-110-105-101-97-93-89-85-81-77-73-69-65-61-57-53-49-45-41-37-33-29-25-21-17-12-7-2)121-130(120-125)132-124-129(117-108-15-10-5)133(135(132)134)131-122-127(115-111-106-102-98-94-90-86-82-78-74-70-66-62-58-54-50-46-42-38-34-30-26-22-18-13-8-3)119-128(123-131)116-112-107-103-99-95-91-87-83-79-75-71-67-63-59-55-51-47-43-39-35-31-27-23-19-14-9-4;2*1-3-4-2;/h118-124H,6-117H2,1-5H3;2*1,3-4H2,2H3;/q;2*-1;+2. The monoisotopic (exact) mass is 2040 g/mol. The van der Waals surface area contributed by atoms with Gasteiger partial charge in [0, 0.05) is 22.8 Å². The van der Waals surface area contributed by atoms with Crippen LogP contribution in [0.15, 0.2) is 48.0 Å². The molecular formula is C141H264N2Ni. The quantitative estimate of drug-likeness (QED) is 0.0273. The van der Waals surface area contributed by atoms with Crippen LogP contribution in [0.2, 0.25) is 0 Å². The SMILES string of the molecule is CCCCCCCCCCCCCCCCCCCCCCCCCCCCc1cc(CCCCCCCCCCCCCCCCCCCCCCCCCCCC)cc(C2=CC(CCCCC)=C(c3cc(CCCCCCCCCCCCCCCCCCCCCCCCCCCC)cc(CCCCCCCCCCCCCCCCCCCCCCCCCCCC)c3)[N+]2=[N-])c1.[CH2-]CCC.[CH2-]CCC.[Ni+2]. The molecule has 2 nitrogen and oxygen atoms in total. The second-order valence-electron chi connectivity index (χ2n) is 47.3. The first-order valence-electron chi connectivity index (χ1n) is 67.7. The van der Waals surface area contributed by atoms with Crippen molar-refractivity contribution < 1.29 is 21.2 Å². The van der Waals surface area contributed by atoms with Crippen molar-refractivity contribution in [2.24, 2.45) is 0 Å². The smallest absolute Gasteiger partial charge is 0.493 e. The number of rotatable bonds is 116. The molecular weight excluding hydrogens is 1780 g/mol. The van der Waals surface area contributed by atoms with Gasteiger partial charge < -0.3 is 19.4 Å². The number of nitrogens with zero attached hydrogens (tertiary/aromatic N) is 2. The van der Waals surface area contributed by atoms with Gasteiger partial charge in [-0.15, -0.1) is 0 Å². The van der Waals surface area contributed by atoms with Gasteiger partial charge >= 0.3 is 16.5 Å². The van der Waals surface area contributed by atoms with Crippen LogP contribution in [-0.2, 0) is 42.2 Å². The van der Waals surface area contributed by atoms with Crippen LogP contribution in [0, 0.1) is 13.8 Å². The number of aryl methyl sites for hydroxylation is 4. The normalized spacial score (nSPS) is 12.1. The van der Waals surface area contributed by atoms with Crippen LogP contribution in [0.5, 0.6) is 0 Å². The van der Waals surface area contributed by atoms with E-state index in [0.29, 0.717) is 0 Å². The van der Waals surface area contributed by atoms with Crippen LogP contribution < -0.4 is 0 Å². The molecule has 0 saturated carbocycles. The molecule has 1 heterocycles. The van der Waals surface area contributed by atoms with Gasteiger partial charge in [-0.05, 0) is 111 Å². The van der Waals surface area contributed by atoms with E-state index in [1.807, 2.05) is 0 Å². The van der Waals surface area contributed by atoms with Gasteiger partial charge in [0.15, 0.2) is 0 Å². The number of hydrogen-bond acceptors (Lipinski definition) is 0. The Hall–Kier alpha value is -1.99. The van der Waals surface area contributed by atoms with Crippen LogP contribution >= 0.6 is 0 Å². The minimum atomic E-state index is 0. The Morgan fingerprint density at radius 1 is 0.160 bits per heavy atom. The van der Waals surface area contributed by atoms with Gasteiger partial charge in [0.25, 0.3) is 0 Å². The van der Waals surface area contributed by atoms with Crippen molar-refractivity contribution in [3.63, 3.8) is 0 Å². The predicted molar refractivity (Wildman–Crippen MR) is 654 cm³/mol. The number of unbranched alkanes of at least 4 members (excludes halogenated alkanes) is 104. The van der Waals surface area contributed by atoms with E-state index in [1.54, 1.807) is 4.70 Å². The Labute approximate surface area is 920 Å². The largest absolute Gasteiger partial charge is 2.00 e. The first kappa shape index (κ1) is 142. The molecule has 848 valence electrons. The molecule has 3 heteroatoms. The molecule has 0 fully saturated rings. The molecule has 0 aliphatic carbocycles. The summed E-state index contributed by atoms with van der Waals surface area (Å²) in [6.07, 6.45) is 166. The maximum Gasteiger partial charge on any atom is 2.00 e. The van der Waals surface area contributed by atoms with E-state index in [4.69, 9.17) is 0 Å². The molecule has 0 unspecified atom stereocenters. The summed E-state index contributed by atoms with van der Waals surface area (Å²) >= 11 is 0. The molecule has 0 amide bonds. The van der Waals surface area contributed by atoms with Crippen molar-refractivity contribution in [2.45, 2.75) is 793 Å². The van der Waals surface area contributed by atoms with Crippen LogP contribution in [0.4, 0.5) is 0 Å². The van der Waals surface area contributed by atoms with Crippen molar-refractivity contribution >= 4 is 11.4 Å². The third kappa shape index (κ3) is 99.4. The molecule has 1 aliphatic rings. The summed E-state index contributed by atoms with van der Waals surface area (Å²) in [6, 6.07) is 15.3. The van der Waals surface area contributed by atoms with E-state index < -0.39 is 0 Å². The van der Waals surface area contributed by atoms with Crippen molar-refractivity contribution in [1.82, 2.24) is 0 Å². The van der Waals surface area contributed by atoms with Crippen molar-refractivity contribution in [2.75, 3.05) is 0 Å². The average Bonchev–Trinajstić information content (AvgIpc) is 1.63. The summed E-state index contributed by atoms with van der Waals surface area (Å²) in [5.41, 5.74) is 25.0. The molecule has 144 heavy (non-hydrogen) atoms. The summed E-state index contributed by atoms with van der Waals surface area (Å²) in [7, 11) is 0. The molecule has 0 atom stereocenters. The first-order chi connectivity index (χ1) is 70.9. The van der Waals surface area contributed by atoms with Crippen LogP contribution in [-0.4, -0.2) is 4.70 Å². The molecule has 0 spiro atoms. The Morgan fingerprint density at radius 3 is 0.417 bits per heavy atom. The molecule has 0 bridgehead atoms. The summed E-state index contributed by atoms with van der Waals surface area (Å²) < 4.78 is 1.71. The van der Waals surface area contributed by atoms with Crippen LogP contribution in [0.1, 0.15) is 801 Å². The molecule has 0 aromatic heterocycles. The van der Waals surface area contributed by atoms with Gasteiger partial charge in [0.2, 0.25) is 11.4 Å². The molecule has 1 aliphatic heterocycles. The maximum absolute atomic E-state index is 13.1. The Bertz CT molecular complexity index is 2700. The van der Waals surface area contributed by atoms with Crippen molar-refractivity contribution in [1.29, 1.82) is 0 Å². The maximum atomic E-state index is 13.1. The van der Waals surface area contributed by atoms with Gasteiger partial charge in [-0.2, -0.15) is 12.8 Å².